The molecule has 0 amide bonds. The Morgan fingerprint density at radius 1 is 1.10 bits per heavy atom. The lowest BCUT2D eigenvalue weighted by Gasteiger charge is -2.18. The SMILES string of the molecule is COc1ccc(C2CCC(C#N)C2)cc1OC1CCCC1. The van der Waals surface area contributed by atoms with Gasteiger partial charge in [0.25, 0.3) is 0 Å². The molecule has 0 aliphatic heterocycles. The summed E-state index contributed by atoms with van der Waals surface area (Å²) < 4.78 is 11.6. The summed E-state index contributed by atoms with van der Waals surface area (Å²) in [4.78, 5) is 0. The van der Waals surface area contributed by atoms with E-state index in [2.05, 4.69) is 18.2 Å². The van der Waals surface area contributed by atoms with Gasteiger partial charge in [0.1, 0.15) is 0 Å². The summed E-state index contributed by atoms with van der Waals surface area (Å²) in [7, 11) is 1.69. The molecule has 3 nitrogen and oxygen atoms in total. The normalized spacial score (nSPS) is 25.7. The standard InChI is InChI=1S/C18H23NO2/c1-20-17-9-8-15(14-7-6-13(10-14)12-19)11-18(17)21-16-4-2-3-5-16/h8-9,11,13-14,16H,2-7,10H2,1H3. The summed E-state index contributed by atoms with van der Waals surface area (Å²) in [6, 6.07) is 8.69. The van der Waals surface area contributed by atoms with Gasteiger partial charge in [0.15, 0.2) is 11.5 Å². The molecule has 0 heterocycles. The van der Waals surface area contributed by atoms with Crippen LogP contribution in [0.15, 0.2) is 18.2 Å². The van der Waals surface area contributed by atoms with Gasteiger partial charge in [-0.2, -0.15) is 5.26 Å². The van der Waals surface area contributed by atoms with Gasteiger partial charge in [-0.1, -0.05) is 6.07 Å². The van der Waals surface area contributed by atoms with E-state index < -0.39 is 0 Å². The lowest BCUT2D eigenvalue weighted by Crippen LogP contribution is -2.12. The summed E-state index contributed by atoms with van der Waals surface area (Å²) in [5.74, 6) is 2.41. The van der Waals surface area contributed by atoms with E-state index in [-0.39, 0.29) is 5.92 Å². The monoisotopic (exact) mass is 285 g/mol. The molecule has 2 unspecified atom stereocenters. The summed E-state index contributed by atoms with van der Waals surface area (Å²) >= 11 is 0. The van der Waals surface area contributed by atoms with Crippen LogP contribution >= 0.6 is 0 Å². The molecule has 0 radical (unpaired) electrons. The van der Waals surface area contributed by atoms with E-state index in [9.17, 15) is 0 Å². The van der Waals surface area contributed by atoms with Gasteiger partial charge < -0.3 is 9.47 Å². The van der Waals surface area contributed by atoms with Crippen LogP contribution in [0.1, 0.15) is 56.4 Å². The first kappa shape index (κ1) is 14.3. The van der Waals surface area contributed by atoms with Gasteiger partial charge in [-0.3, -0.25) is 0 Å². The van der Waals surface area contributed by atoms with E-state index in [4.69, 9.17) is 14.7 Å². The average Bonchev–Trinajstić information content (AvgIpc) is 3.18. The average molecular weight is 285 g/mol. The van der Waals surface area contributed by atoms with Gasteiger partial charge in [-0.05, 0) is 68.6 Å². The zero-order chi connectivity index (χ0) is 14.7. The molecular formula is C18H23NO2. The zero-order valence-corrected chi connectivity index (χ0v) is 12.7. The molecule has 3 rings (SSSR count). The first-order valence-corrected chi connectivity index (χ1v) is 8.04. The summed E-state index contributed by atoms with van der Waals surface area (Å²) in [5.41, 5.74) is 1.29. The number of methoxy groups -OCH3 is 1. The summed E-state index contributed by atoms with van der Waals surface area (Å²) in [6.07, 6.45) is 8.26. The van der Waals surface area contributed by atoms with Crippen molar-refractivity contribution in [3.8, 4) is 17.6 Å². The van der Waals surface area contributed by atoms with Crippen LogP contribution in [0.3, 0.4) is 0 Å². The minimum absolute atomic E-state index is 0.219. The van der Waals surface area contributed by atoms with E-state index in [0.29, 0.717) is 12.0 Å². The lowest BCUT2D eigenvalue weighted by atomic mass is 9.96. The van der Waals surface area contributed by atoms with E-state index >= 15 is 0 Å². The Bertz CT molecular complexity index is 529. The van der Waals surface area contributed by atoms with Crippen molar-refractivity contribution >= 4 is 0 Å². The Morgan fingerprint density at radius 3 is 2.57 bits per heavy atom. The molecule has 0 saturated heterocycles. The van der Waals surface area contributed by atoms with Gasteiger partial charge in [0.05, 0.1) is 19.3 Å². The molecule has 0 spiro atoms. The van der Waals surface area contributed by atoms with Crippen molar-refractivity contribution in [2.45, 2.75) is 57.0 Å². The van der Waals surface area contributed by atoms with Crippen LogP contribution in [0.25, 0.3) is 0 Å². The fourth-order valence-electron chi connectivity index (χ4n) is 3.63. The highest BCUT2D eigenvalue weighted by molar-refractivity contribution is 5.44. The van der Waals surface area contributed by atoms with Crippen molar-refractivity contribution in [2.75, 3.05) is 7.11 Å². The molecule has 1 aromatic carbocycles. The van der Waals surface area contributed by atoms with Gasteiger partial charge in [-0.25, -0.2) is 0 Å². The van der Waals surface area contributed by atoms with Crippen molar-refractivity contribution in [1.29, 1.82) is 5.26 Å². The molecule has 21 heavy (non-hydrogen) atoms. The number of rotatable bonds is 4. The quantitative estimate of drug-likeness (QED) is 0.822. The van der Waals surface area contributed by atoms with E-state index in [1.165, 1.54) is 18.4 Å². The maximum Gasteiger partial charge on any atom is 0.161 e. The number of ether oxygens (including phenoxy) is 2. The van der Waals surface area contributed by atoms with Crippen LogP contribution in [0.5, 0.6) is 11.5 Å². The van der Waals surface area contributed by atoms with Crippen LogP contribution in [0, 0.1) is 17.2 Å². The minimum Gasteiger partial charge on any atom is -0.493 e. The zero-order valence-electron chi connectivity index (χ0n) is 12.7. The van der Waals surface area contributed by atoms with Crippen molar-refractivity contribution in [3.05, 3.63) is 23.8 Å². The van der Waals surface area contributed by atoms with Crippen LogP contribution in [0.4, 0.5) is 0 Å². The third kappa shape index (κ3) is 3.15. The molecule has 2 aliphatic rings. The van der Waals surface area contributed by atoms with Crippen LogP contribution in [-0.4, -0.2) is 13.2 Å². The lowest BCUT2D eigenvalue weighted by molar-refractivity contribution is 0.200. The third-order valence-electron chi connectivity index (χ3n) is 4.87. The number of hydrogen-bond acceptors (Lipinski definition) is 3. The fourth-order valence-corrected chi connectivity index (χ4v) is 3.63. The molecule has 2 aliphatic carbocycles. The molecule has 3 heteroatoms. The predicted octanol–water partition coefficient (Wildman–Crippen LogP) is 4.42. The predicted molar refractivity (Wildman–Crippen MR) is 81.6 cm³/mol. The number of hydrogen-bond donors (Lipinski definition) is 0. The van der Waals surface area contributed by atoms with Crippen molar-refractivity contribution in [2.24, 2.45) is 5.92 Å². The number of nitrogens with zero attached hydrogens (tertiary/aromatic N) is 1. The highest BCUT2D eigenvalue weighted by Gasteiger charge is 2.27. The van der Waals surface area contributed by atoms with Crippen LogP contribution in [-0.2, 0) is 0 Å². The summed E-state index contributed by atoms with van der Waals surface area (Å²) in [6.45, 7) is 0. The largest absolute Gasteiger partial charge is 0.493 e. The van der Waals surface area contributed by atoms with Crippen molar-refractivity contribution < 1.29 is 9.47 Å². The maximum absolute atomic E-state index is 9.06. The smallest absolute Gasteiger partial charge is 0.161 e. The van der Waals surface area contributed by atoms with Crippen LogP contribution in [0.2, 0.25) is 0 Å². The second-order valence-corrected chi connectivity index (χ2v) is 6.27. The Labute approximate surface area is 126 Å². The molecule has 2 fully saturated rings. The number of nitriles is 1. The van der Waals surface area contributed by atoms with Gasteiger partial charge in [0.2, 0.25) is 0 Å². The molecule has 0 N–H and O–H groups in total. The van der Waals surface area contributed by atoms with Crippen molar-refractivity contribution in [3.63, 3.8) is 0 Å². The second kappa shape index (κ2) is 6.39. The number of benzene rings is 1. The van der Waals surface area contributed by atoms with Crippen molar-refractivity contribution in [1.82, 2.24) is 0 Å². The fraction of sp³-hybridized carbons (Fsp3) is 0.611. The van der Waals surface area contributed by atoms with Gasteiger partial charge in [-0.15, -0.1) is 0 Å². The van der Waals surface area contributed by atoms with Gasteiger partial charge in [0, 0.05) is 5.92 Å². The topological polar surface area (TPSA) is 42.2 Å². The molecule has 0 bridgehead atoms. The highest BCUT2D eigenvalue weighted by Crippen LogP contribution is 2.41. The second-order valence-electron chi connectivity index (χ2n) is 6.27. The van der Waals surface area contributed by atoms with Crippen LogP contribution < -0.4 is 9.47 Å². The molecule has 2 atom stereocenters. The summed E-state index contributed by atoms with van der Waals surface area (Å²) in [5, 5.41) is 9.06. The Balaban J connectivity index is 1.77. The van der Waals surface area contributed by atoms with E-state index in [0.717, 1.165) is 43.6 Å². The molecule has 2 saturated carbocycles. The highest BCUT2D eigenvalue weighted by atomic mass is 16.5. The van der Waals surface area contributed by atoms with Gasteiger partial charge >= 0.3 is 0 Å². The Kier molecular flexibility index (Phi) is 4.34. The first-order chi connectivity index (χ1) is 10.3. The maximum atomic E-state index is 9.06. The molecule has 0 aromatic heterocycles. The Morgan fingerprint density at radius 2 is 1.90 bits per heavy atom. The third-order valence-corrected chi connectivity index (χ3v) is 4.87. The molecular weight excluding hydrogens is 262 g/mol. The minimum atomic E-state index is 0.219. The van der Waals surface area contributed by atoms with E-state index in [1.54, 1.807) is 7.11 Å². The molecule has 112 valence electrons. The van der Waals surface area contributed by atoms with E-state index in [1.807, 2.05) is 6.07 Å². The Hall–Kier alpha value is -1.69. The molecule has 1 aromatic rings. The first-order valence-electron chi connectivity index (χ1n) is 8.04.